The Morgan fingerprint density at radius 1 is 0.567 bits per heavy atom. The number of aliphatic hydroxyl groups is 2. The summed E-state index contributed by atoms with van der Waals surface area (Å²) in [7, 11) is 0. The Morgan fingerprint density at radius 2 is 0.900 bits per heavy atom. The number of carbonyl (C=O) groups excluding carboxylic acids is 2. The molecule has 0 atom stereocenters. The van der Waals surface area contributed by atoms with Crippen LogP contribution in [0.15, 0.2) is 84.9 Å². The molecule has 0 heterocycles. The second-order valence-electron chi connectivity index (χ2n) is 6.61. The van der Waals surface area contributed by atoms with Crippen LogP contribution in [0.25, 0.3) is 0 Å². The third-order valence-electron chi connectivity index (χ3n) is 4.65. The molecular formula is C24H24N2O4. The Morgan fingerprint density at radius 3 is 1.20 bits per heavy atom. The molecular weight excluding hydrogens is 380 g/mol. The maximum Gasteiger partial charge on any atom is 0.258 e. The Balaban J connectivity index is 1.82. The molecule has 0 aliphatic rings. The molecule has 6 nitrogen and oxygen atoms in total. The Hall–Kier alpha value is -3.48. The molecule has 30 heavy (non-hydrogen) atoms. The lowest BCUT2D eigenvalue weighted by molar-refractivity contribution is 0.0970. The summed E-state index contributed by atoms with van der Waals surface area (Å²) in [5.41, 5.74) is 2.21. The van der Waals surface area contributed by atoms with Crippen molar-refractivity contribution in [1.82, 2.24) is 0 Å². The first-order chi connectivity index (χ1) is 14.7. The third-order valence-corrected chi connectivity index (χ3v) is 4.65. The molecule has 0 bridgehead atoms. The van der Waals surface area contributed by atoms with Gasteiger partial charge >= 0.3 is 0 Å². The average molecular weight is 404 g/mol. The SMILES string of the molecule is O=C(c1ccc(C(=O)N(CCO)c2ccccc2)cc1)N(CCO)c1ccccc1. The van der Waals surface area contributed by atoms with Crippen molar-refractivity contribution in [3.05, 3.63) is 96.1 Å². The van der Waals surface area contributed by atoms with Crippen molar-refractivity contribution in [3.63, 3.8) is 0 Å². The smallest absolute Gasteiger partial charge is 0.258 e. The highest BCUT2D eigenvalue weighted by Gasteiger charge is 2.20. The van der Waals surface area contributed by atoms with Crippen molar-refractivity contribution in [2.45, 2.75) is 0 Å². The number of aliphatic hydroxyl groups excluding tert-OH is 2. The van der Waals surface area contributed by atoms with Gasteiger partial charge in [0.1, 0.15) is 0 Å². The van der Waals surface area contributed by atoms with E-state index < -0.39 is 0 Å². The van der Waals surface area contributed by atoms with Gasteiger partial charge in [-0.25, -0.2) is 0 Å². The van der Waals surface area contributed by atoms with Gasteiger partial charge in [-0.15, -0.1) is 0 Å². The van der Waals surface area contributed by atoms with Crippen LogP contribution >= 0.6 is 0 Å². The van der Waals surface area contributed by atoms with Gasteiger partial charge < -0.3 is 20.0 Å². The topological polar surface area (TPSA) is 81.1 Å². The van der Waals surface area contributed by atoms with Gasteiger partial charge in [0.15, 0.2) is 0 Å². The second-order valence-corrected chi connectivity index (χ2v) is 6.61. The number of amides is 2. The maximum atomic E-state index is 13.0. The van der Waals surface area contributed by atoms with Gasteiger partial charge in [0.2, 0.25) is 0 Å². The predicted molar refractivity (Wildman–Crippen MR) is 117 cm³/mol. The number of anilines is 2. The number of benzene rings is 3. The second kappa shape index (κ2) is 10.3. The van der Waals surface area contributed by atoms with Crippen molar-refractivity contribution in [1.29, 1.82) is 0 Å². The number of nitrogens with zero attached hydrogens (tertiary/aromatic N) is 2. The monoisotopic (exact) mass is 404 g/mol. The lowest BCUT2D eigenvalue weighted by atomic mass is 10.1. The fourth-order valence-corrected chi connectivity index (χ4v) is 3.18. The molecule has 2 amide bonds. The molecule has 0 aliphatic carbocycles. The number of rotatable bonds is 8. The fourth-order valence-electron chi connectivity index (χ4n) is 3.18. The summed E-state index contributed by atoms with van der Waals surface area (Å²) in [6, 6.07) is 24.6. The van der Waals surface area contributed by atoms with E-state index in [-0.39, 0.29) is 38.1 Å². The summed E-state index contributed by atoms with van der Waals surface area (Å²) in [6.45, 7) is 0.0123. The van der Waals surface area contributed by atoms with Crippen LogP contribution in [0.1, 0.15) is 20.7 Å². The number of carbonyl (C=O) groups is 2. The summed E-state index contributed by atoms with van der Waals surface area (Å²) in [5.74, 6) is -0.519. The predicted octanol–water partition coefficient (Wildman–Crippen LogP) is 2.96. The van der Waals surface area contributed by atoms with E-state index in [0.717, 1.165) is 0 Å². The van der Waals surface area contributed by atoms with Crippen LogP contribution in [-0.2, 0) is 0 Å². The molecule has 0 fully saturated rings. The van der Waals surface area contributed by atoms with Gasteiger partial charge in [-0.3, -0.25) is 9.59 Å². The first-order valence-corrected chi connectivity index (χ1v) is 9.71. The maximum absolute atomic E-state index is 13.0. The number of hydrogen-bond donors (Lipinski definition) is 2. The van der Waals surface area contributed by atoms with Crippen LogP contribution in [0.5, 0.6) is 0 Å². The van der Waals surface area contributed by atoms with E-state index >= 15 is 0 Å². The van der Waals surface area contributed by atoms with Gasteiger partial charge in [-0.2, -0.15) is 0 Å². The molecule has 3 aromatic carbocycles. The third kappa shape index (κ3) is 4.92. The van der Waals surface area contributed by atoms with Crippen molar-refractivity contribution in [3.8, 4) is 0 Å². The largest absolute Gasteiger partial charge is 0.395 e. The molecule has 0 radical (unpaired) electrons. The molecule has 6 heteroatoms. The normalized spacial score (nSPS) is 10.5. The number of para-hydroxylation sites is 2. The molecule has 0 spiro atoms. The Kier molecular flexibility index (Phi) is 7.32. The minimum Gasteiger partial charge on any atom is -0.395 e. The van der Waals surface area contributed by atoms with E-state index in [2.05, 4.69) is 0 Å². The lowest BCUT2D eigenvalue weighted by Crippen LogP contribution is -2.34. The van der Waals surface area contributed by atoms with Gasteiger partial charge in [-0.05, 0) is 48.5 Å². The quantitative estimate of drug-likeness (QED) is 0.605. The zero-order chi connectivity index (χ0) is 21.3. The standard InChI is InChI=1S/C24H24N2O4/c27-17-15-25(21-7-3-1-4-8-21)23(29)19-11-13-20(14-12-19)24(30)26(16-18-28)22-9-5-2-6-10-22/h1-14,27-28H,15-18H2. The van der Waals surface area contributed by atoms with Crippen molar-refractivity contribution < 1.29 is 19.8 Å². The molecule has 0 unspecified atom stereocenters. The molecule has 0 aromatic heterocycles. The fraction of sp³-hybridized carbons (Fsp3) is 0.167. The van der Waals surface area contributed by atoms with E-state index in [1.54, 1.807) is 48.5 Å². The van der Waals surface area contributed by atoms with E-state index in [9.17, 15) is 19.8 Å². The average Bonchev–Trinajstić information content (AvgIpc) is 2.81. The molecule has 3 aromatic rings. The highest BCUT2D eigenvalue weighted by atomic mass is 16.3. The summed E-state index contributed by atoms with van der Waals surface area (Å²) < 4.78 is 0. The summed E-state index contributed by atoms with van der Waals surface area (Å²) in [6.07, 6.45) is 0. The Bertz CT molecular complexity index is 879. The molecule has 3 rings (SSSR count). The molecule has 0 saturated heterocycles. The van der Waals surface area contributed by atoms with Crippen LogP contribution < -0.4 is 9.80 Å². The van der Waals surface area contributed by atoms with E-state index in [4.69, 9.17) is 0 Å². The number of hydrogen-bond acceptors (Lipinski definition) is 4. The van der Waals surface area contributed by atoms with Crippen LogP contribution in [0.3, 0.4) is 0 Å². The lowest BCUT2D eigenvalue weighted by Gasteiger charge is -2.23. The van der Waals surface area contributed by atoms with E-state index in [0.29, 0.717) is 22.5 Å². The summed E-state index contributed by atoms with van der Waals surface area (Å²) in [4.78, 5) is 28.9. The first-order valence-electron chi connectivity index (χ1n) is 9.71. The first kappa shape index (κ1) is 21.2. The zero-order valence-electron chi connectivity index (χ0n) is 16.5. The highest BCUT2D eigenvalue weighted by molar-refractivity contribution is 6.09. The minimum absolute atomic E-state index is 0.162. The van der Waals surface area contributed by atoms with Gasteiger partial charge in [0.05, 0.1) is 13.2 Å². The van der Waals surface area contributed by atoms with Gasteiger partial charge in [0.25, 0.3) is 11.8 Å². The van der Waals surface area contributed by atoms with Gasteiger partial charge in [-0.1, -0.05) is 36.4 Å². The minimum atomic E-state index is -0.260. The van der Waals surface area contributed by atoms with Crippen LogP contribution in [-0.4, -0.2) is 48.3 Å². The highest BCUT2D eigenvalue weighted by Crippen LogP contribution is 2.19. The summed E-state index contributed by atoms with van der Waals surface area (Å²) >= 11 is 0. The van der Waals surface area contributed by atoms with Crippen molar-refractivity contribution in [2.75, 3.05) is 36.1 Å². The van der Waals surface area contributed by atoms with E-state index in [1.807, 2.05) is 36.4 Å². The molecule has 0 aliphatic heterocycles. The molecule has 0 saturated carbocycles. The molecule has 154 valence electrons. The van der Waals surface area contributed by atoms with Crippen molar-refractivity contribution in [2.24, 2.45) is 0 Å². The van der Waals surface area contributed by atoms with Gasteiger partial charge in [0, 0.05) is 35.6 Å². The Labute approximate surface area is 175 Å². The van der Waals surface area contributed by atoms with Crippen molar-refractivity contribution >= 4 is 23.2 Å². The van der Waals surface area contributed by atoms with E-state index in [1.165, 1.54) is 9.80 Å². The van der Waals surface area contributed by atoms with Crippen LogP contribution in [0, 0.1) is 0 Å². The summed E-state index contributed by atoms with van der Waals surface area (Å²) in [5, 5.41) is 18.7. The van der Waals surface area contributed by atoms with Crippen LogP contribution in [0.2, 0.25) is 0 Å². The van der Waals surface area contributed by atoms with Crippen LogP contribution in [0.4, 0.5) is 11.4 Å². The zero-order valence-corrected chi connectivity index (χ0v) is 16.5. The molecule has 2 N–H and O–H groups in total.